The lowest BCUT2D eigenvalue weighted by Gasteiger charge is -2.33. The van der Waals surface area contributed by atoms with E-state index in [0.717, 1.165) is 24.3 Å². The molecule has 1 aliphatic heterocycles. The summed E-state index contributed by atoms with van der Waals surface area (Å²) in [4.78, 5) is 11.3. The minimum Gasteiger partial charge on any atom is -0.480 e. The molecule has 1 aromatic rings. The molecule has 19 heavy (non-hydrogen) atoms. The third-order valence-electron chi connectivity index (χ3n) is 3.44. The molecule has 0 amide bonds. The Morgan fingerprint density at radius 3 is 2.21 bits per heavy atom. The number of sulfone groups is 1. The molecular weight excluding hydrogens is 273 g/mol. The quantitative estimate of drug-likeness (QED) is 0.804. The van der Waals surface area contributed by atoms with Gasteiger partial charge in [-0.05, 0) is 50.2 Å². The van der Waals surface area contributed by atoms with Crippen molar-refractivity contribution in [3.8, 4) is 0 Å². The summed E-state index contributed by atoms with van der Waals surface area (Å²) in [5.41, 5.74) is 0. The number of rotatable bonds is 3. The Balaban J connectivity index is 2.51. The number of hydrogen-bond donors (Lipinski definition) is 2. The lowest BCUT2D eigenvalue weighted by atomic mass is 9.97. The number of aliphatic carboxylic acids is 1. The fourth-order valence-corrected chi connectivity index (χ4v) is 4.18. The first-order valence-electron chi connectivity index (χ1n) is 5.84. The highest BCUT2D eigenvalue weighted by atomic mass is 32.2. The molecule has 1 aliphatic rings. The fourth-order valence-electron chi connectivity index (χ4n) is 2.27. The minimum absolute atomic E-state index is 0.00203. The second-order valence-electron chi connectivity index (χ2n) is 4.51. The number of carboxylic acids is 1. The van der Waals surface area contributed by atoms with E-state index in [1.807, 2.05) is 0 Å². The fraction of sp³-hybridized carbons (Fsp3) is 0.417. The largest absolute Gasteiger partial charge is 0.480 e. The van der Waals surface area contributed by atoms with Crippen molar-refractivity contribution in [2.75, 3.05) is 13.1 Å². The predicted octanol–water partition coefficient (Wildman–Crippen LogP) is 0.806. The highest BCUT2D eigenvalue weighted by Gasteiger charge is 2.52. The summed E-state index contributed by atoms with van der Waals surface area (Å²) < 4.78 is 36.1. The molecule has 0 spiro atoms. The van der Waals surface area contributed by atoms with Gasteiger partial charge in [-0.15, -0.1) is 0 Å². The zero-order valence-electron chi connectivity index (χ0n) is 10.1. The van der Waals surface area contributed by atoms with Crippen molar-refractivity contribution in [3.63, 3.8) is 0 Å². The molecule has 0 unspecified atom stereocenters. The van der Waals surface area contributed by atoms with Crippen LogP contribution in [0.3, 0.4) is 0 Å². The maximum absolute atomic E-state index is 12.8. The minimum atomic E-state index is -4.05. The van der Waals surface area contributed by atoms with Gasteiger partial charge in [0.2, 0.25) is 0 Å². The Labute approximate surface area is 110 Å². The zero-order valence-corrected chi connectivity index (χ0v) is 10.9. The average molecular weight is 287 g/mol. The Kier molecular flexibility index (Phi) is 3.60. The molecule has 0 aliphatic carbocycles. The Hall–Kier alpha value is -1.47. The monoisotopic (exact) mass is 287 g/mol. The van der Waals surface area contributed by atoms with Crippen molar-refractivity contribution in [1.29, 1.82) is 0 Å². The van der Waals surface area contributed by atoms with Crippen LogP contribution in [0.15, 0.2) is 29.2 Å². The Morgan fingerprint density at radius 2 is 1.74 bits per heavy atom. The molecule has 7 heteroatoms. The lowest BCUT2D eigenvalue weighted by molar-refractivity contribution is -0.140. The van der Waals surface area contributed by atoms with E-state index in [2.05, 4.69) is 5.32 Å². The summed E-state index contributed by atoms with van der Waals surface area (Å²) >= 11 is 0. The van der Waals surface area contributed by atoms with Gasteiger partial charge in [-0.3, -0.25) is 4.79 Å². The van der Waals surface area contributed by atoms with Crippen LogP contribution in [0, 0.1) is 5.82 Å². The highest BCUT2D eigenvalue weighted by Crippen LogP contribution is 2.34. The summed E-state index contributed by atoms with van der Waals surface area (Å²) in [5.74, 6) is -1.91. The van der Waals surface area contributed by atoms with Gasteiger partial charge < -0.3 is 10.4 Å². The van der Waals surface area contributed by atoms with Crippen molar-refractivity contribution in [2.45, 2.75) is 22.5 Å². The highest BCUT2D eigenvalue weighted by molar-refractivity contribution is 7.93. The first-order chi connectivity index (χ1) is 8.90. The van der Waals surface area contributed by atoms with Gasteiger partial charge in [0.05, 0.1) is 4.90 Å². The Bertz CT molecular complexity index is 576. The van der Waals surface area contributed by atoms with Crippen LogP contribution >= 0.6 is 0 Å². The molecule has 0 atom stereocenters. The first-order valence-corrected chi connectivity index (χ1v) is 7.33. The van der Waals surface area contributed by atoms with E-state index in [1.165, 1.54) is 0 Å². The number of benzene rings is 1. The molecule has 0 saturated carbocycles. The maximum Gasteiger partial charge on any atom is 0.325 e. The van der Waals surface area contributed by atoms with Crippen molar-refractivity contribution in [3.05, 3.63) is 30.1 Å². The van der Waals surface area contributed by atoms with E-state index in [9.17, 15) is 22.7 Å². The van der Waals surface area contributed by atoms with Gasteiger partial charge in [0, 0.05) is 0 Å². The van der Waals surface area contributed by atoms with Crippen LogP contribution in [-0.2, 0) is 14.6 Å². The summed E-state index contributed by atoms with van der Waals surface area (Å²) in [7, 11) is -4.05. The number of carbonyl (C=O) groups is 1. The standard InChI is InChI=1S/C12H14FNO4S/c13-9-1-3-10(4-2-9)19(17,18)12(11(15)16)5-7-14-8-6-12/h1-4,14H,5-8H2,(H,15,16). The van der Waals surface area contributed by atoms with E-state index >= 15 is 0 Å². The van der Waals surface area contributed by atoms with Crippen molar-refractivity contribution in [1.82, 2.24) is 5.32 Å². The van der Waals surface area contributed by atoms with E-state index < -0.39 is 26.4 Å². The second kappa shape index (κ2) is 4.90. The summed E-state index contributed by atoms with van der Waals surface area (Å²) in [6.07, 6.45) is 0.00405. The van der Waals surface area contributed by atoms with Crippen LogP contribution < -0.4 is 5.32 Å². The van der Waals surface area contributed by atoms with Crippen LogP contribution in [0.2, 0.25) is 0 Å². The molecular formula is C12H14FNO4S. The topological polar surface area (TPSA) is 83.5 Å². The number of halogens is 1. The number of nitrogens with one attached hydrogen (secondary N) is 1. The maximum atomic E-state index is 12.8. The molecule has 0 radical (unpaired) electrons. The number of hydrogen-bond acceptors (Lipinski definition) is 4. The third kappa shape index (κ3) is 2.23. The van der Waals surface area contributed by atoms with Gasteiger partial charge in [-0.1, -0.05) is 0 Å². The molecule has 1 aromatic carbocycles. The molecule has 104 valence electrons. The van der Waals surface area contributed by atoms with E-state index in [1.54, 1.807) is 0 Å². The van der Waals surface area contributed by atoms with Crippen LogP contribution in [0.4, 0.5) is 4.39 Å². The van der Waals surface area contributed by atoms with Crippen molar-refractivity contribution < 1.29 is 22.7 Å². The average Bonchev–Trinajstić information content (AvgIpc) is 2.39. The van der Waals surface area contributed by atoms with Gasteiger partial charge >= 0.3 is 5.97 Å². The normalized spacial score (nSPS) is 19.0. The van der Waals surface area contributed by atoms with Crippen molar-refractivity contribution >= 4 is 15.8 Å². The molecule has 1 heterocycles. The molecule has 1 saturated heterocycles. The van der Waals surface area contributed by atoms with E-state index in [-0.39, 0.29) is 17.7 Å². The zero-order chi connectivity index (χ0) is 14.1. The second-order valence-corrected chi connectivity index (χ2v) is 6.77. The summed E-state index contributed by atoms with van der Waals surface area (Å²) in [6.45, 7) is 0.652. The van der Waals surface area contributed by atoms with Gasteiger partial charge in [0.25, 0.3) is 0 Å². The van der Waals surface area contributed by atoms with Crippen LogP contribution in [-0.4, -0.2) is 37.3 Å². The van der Waals surface area contributed by atoms with Crippen LogP contribution in [0.5, 0.6) is 0 Å². The first kappa shape index (κ1) is 14.0. The van der Waals surface area contributed by atoms with Crippen LogP contribution in [0.1, 0.15) is 12.8 Å². The molecule has 2 N–H and O–H groups in total. The van der Waals surface area contributed by atoms with Gasteiger partial charge in [-0.25, -0.2) is 12.8 Å². The van der Waals surface area contributed by atoms with E-state index in [4.69, 9.17) is 0 Å². The van der Waals surface area contributed by atoms with Crippen LogP contribution in [0.25, 0.3) is 0 Å². The molecule has 0 aromatic heterocycles. The summed E-state index contributed by atoms with van der Waals surface area (Å²) in [6, 6.07) is 4.25. The molecule has 2 rings (SSSR count). The molecule has 1 fully saturated rings. The van der Waals surface area contributed by atoms with Crippen molar-refractivity contribution in [2.24, 2.45) is 0 Å². The predicted molar refractivity (Wildman–Crippen MR) is 66.1 cm³/mol. The van der Waals surface area contributed by atoms with Gasteiger partial charge in [0.15, 0.2) is 14.6 Å². The number of carboxylic acid groups (broad SMARTS) is 1. The lowest BCUT2D eigenvalue weighted by Crippen LogP contribution is -2.53. The van der Waals surface area contributed by atoms with Gasteiger partial charge in [-0.2, -0.15) is 0 Å². The third-order valence-corrected chi connectivity index (χ3v) is 5.94. The SMILES string of the molecule is O=C(O)C1(S(=O)(=O)c2ccc(F)cc2)CCNCC1. The smallest absolute Gasteiger partial charge is 0.325 e. The molecule has 0 bridgehead atoms. The number of piperidine rings is 1. The van der Waals surface area contributed by atoms with Gasteiger partial charge in [0.1, 0.15) is 5.82 Å². The molecule has 5 nitrogen and oxygen atoms in total. The summed E-state index contributed by atoms with van der Waals surface area (Å²) in [5, 5.41) is 12.3. The Morgan fingerprint density at radius 1 is 1.21 bits per heavy atom. The van der Waals surface area contributed by atoms with E-state index in [0.29, 0.717) is 13.1 Å².